The summed E-state index contributed by atoms with van der Waals surface area (Å²) in [6.45, 7) is 10.7. The second-order valence-corrected chi connectivity index (χ2v) is 9.07. The third-order valence-electron chi connectivity index (χ3n) is 3.32. The molecule has 0 N–H and O–H groups in total. The molecule has 0 radical (unpaired) electrons. The van der Waals surface area contributed by atoms with E-state index in [1.54, 1.807) is 12.1 Å². The number of rotatable bonds is 2. The number of hydrogen-bond acceptors (Lipinski definition) is 0. The average molecular weight is 383 g/mol. The molecule has 2 heteroatoms. The Morgan fingerprint density at radius 3 is 1.85 bits per heavy atom. The molecular formula is C18H21FI+. The summed E-state index contributed by atoms with van der Waals surface area (Å²) in [5, 5.41) is 0. The van der Waals surface area contributed by atoms with Gasteiger partial charge in [-0.15, -0.1) is 0 Å². The van der Waals surface area contributed by atoms with Gasteiger partial charge in [-0.3, -0.25) is 0 Å². The molecule has 0 amide bonds. The predicted octanol–water partition coefficient (Wildman–Crippen LogP) is 1.87. The zero-order chi connectivity index (χ0) is 14.9. The molecule has 2 aromatic rings. The van der Waals surface area contributed by atoms with Gasteiger partial charge in [0.05, 0.1) is 0 Å². The van der Waals surface area contributed by atoms with Gasteiger partial charge in [-0.1, -0.05) is 32.9 Å². The second-order valence-electron chi connectivity index (χ2n) is 6.20. The maximum atomic E-state index is 13.3. The maximum absolute atomic E-state index is 13.3. The SMILES string of the molecule is Cc1cc(F)cc(C)c1[I+]c1ccc(C(C)(C)C)cc1. The molecule has 0 unspecified atom stereocenters. The highest BCUT2D eigenvalue weighted by Crippen LogP contribution is 2.20. The van der Waals surface area contributed by atoms with Crippen molar-refractivity contribution in [2.24, 2.45) is 0 Å². The maximum Gasteiger partial charge on any atom is 0.358 e. The van der Waals surface area contributed by atoms with Crippen LogP contribution in [0, 0.1) is 26.8 Å². The van der Waals surface area contributed by atoms with Crippen molar-refractivity contribution in [1.82, 2.24) is 0 Å². The Hall–Kier alpha value is -0.900. The van der Waals surface area contributed by atoms with E-state index in [0.29, 0.717) is 0 Å². The lowest BCUT2D eigenvalue weighted by molar-refractivity contribution is -0.598. The summed E-state index contributed by atoms with van der Waals surface area (Å²) in [7, 11) is 0. The molecule has 0 atom stereocenters. The van der Waals surface area contributed by atoms with Crippen molar-refractivity contribution in [1.29, 1.82) is 0 Å². The van der Waals surface area contributed by atoms with Crippen molar-refractivity contribution < 1.29 is 25.6 Å². The van der Waals surface area contributed by atoms with Gasteiger partial charge in [-0.2, -0.15) is 0 Å². The number of benzene rings is 2. The monoisotopic (exact) mass is 383 g/mol. The van der Waals surface area contributed by atoms with E-state index < -0.39 is 0 Å². The van der Waals surface area contributed by atoms with E-state index in [0.717, 1.165) is 11.1 Å². The zero-order valence-corrected chi connectivity index (χ0v) is 14.9. The van der Waals surface area contributed by atoms with Crippen LogP contribution in [0.1, 0.15) is 37.5 Å². The molecule has 0 aromatic heterocycles. The third-order valence-corrected chi connectivity index (χ3v) is 6.90. The highest BCUT2D eigenvalue weighted by atomic mass is 127. The van der Waals surface area contributed by atoms with Gasteiger partial charge in [0.15, 0.2) is 7.14 Å². The fourth-order valence-electron chi connectivity index (χ4n) is 2.16. The number of aryl methyl sites for hydroxylation is 2. The summed E-state index contributed by atoms with van der Waals surface area (Å²) < 4.78 is 16.1. The largest absolute Gasteiger partial charge is 0.358 e. The van der Waals surface area contributed by atoms with Crippen LogP contribution in [-0.2, 0) is 5.41 Å². The highest BCUT2D eigenvalue weighted by Gasteiger charge is 2.22. The van der Waals surface area contributed by atoms with Crippen molar-refractivity contribution in [2.45, 2.75) is 40.0 Å². The van der Waals surface area contributed by atoms with E-state index in [4.69, 9.17) is 0 Å². The van der Waals surface area contributed by atoms with Crippen molar-refractivity contribution >= 4 is 0 Å². The molecule has 2 rings (SSSR count). The fraction of sp³-hybridized carbons (Fsp3) is 0.333. The lowest BCUT2D eigenvalue weighted by Crippen LogP contribution is -3.62. The number of halogens is 2. The minimum atomic E-state index is -0.244. The van der Waals surface area contributed by atoms with Gasteiger partial charge >= 0.3 is 21.2 Å². The smallest absolute Gasteiger partial charge is 0.207 e. The first kappa shape index (κ1) is 15.5. The average Bonchev–Trinajstić information content (AvgIpc) is 2.33. The lowest BCUT2D eigenvalue weighted by Gasteiger charge is -2.18. The Morgan fingerprint density at radius 1 is 0.900 bits per heavy atom. The summed E-state index contributed by atoms with van der Waals surface area (Å²) in [6, 6.07) is 12.2. The van der Waals surface area contributed by atoms with Crippen LogP contribution in [0.4, 0.5) is 4.39 Å². The van der Waals surface area contributed by atoms with E-state index >= 15 is 0 Å². The van der Waals surface area contributed by atoms with Crippen LogP contribution in [0.25, 0.3) is 0 Å². The molecule has 0 nitrogen and oxygen atoms in total. The van der Waals surface area contributed by atoms with Gasteiger partial charge in [0.2, 0.25) is 0 Å². The summed E-state index contributed by atoms with van der Waals surface area (Å²) >= 11 is -0.244. The molecule has 0 spiro atoms. The topological polar surface area (TPSA) is 0 Å². The molecule has 0 aliphatic heterocycles. The van der Waals surface area contributed by atoms with Gasteiger partial charge in [0.25, 0.3) is 0 Å². The van der Waals surface area contributed by atoms with Gasteiger partial charge in [-0.05, 0) is 49.1 Å². The van der Waals surface area contributed by atoms with Gasteiger partial charge in [0, 0.05) is 11.1 Å². The Bertz CT molecular complexity index is 583. The van der Waals surface area contributed by atoms with Crippen LogP contribution in [0.5, 0.6) is 0 Å². The van der Waals surface area contributed by atoms with Gasteiger partial charge in [-0.25, -0.2) is 4.39 Å². The fourth-order valence-corrected chi connectivity index (χ4v) is 4.67. The van der Waals surface area contributed by atoms with Crippen molar-refractivity contribution in [3.63, 3.8) is 0 Å². The molecule has 0 saturated carbocycles. The minimum Gasteiger partial charge on any atom is -0.207 e. The molecule has 0 bridgehead atoms. The van der Waals surface area contributed by atoms with E-state index in [-0.39, 0.29) is 32.4 Å². The molecule has 0 fully saturated rings. The molecule has 0 aliphatic rings. The summed E-state index contributed by atoms with van der Waals surface area (Å²) in [4.78, 5) is 0. The summed E-state index contributed by atoms with van der Waals surface area (Å²) in [5.41, 5.74) is 3.71. The molecule has 0 saturated heterocycles. The molecular weight excluding hydrogens is 362 g/mol. The molecule has 0 heterocycles. The van der Waals surface area contributed by atoms with E-state index in [1.807, 2.05) is 13.8 Å². The highest BCUT2D eigenvalue weighted by molar-refractivity contribution is 5.24. The van der Waals surface area contributed by atoms with E-state index in [1.165, 1.54) is 12.7 Å². The quantitative estimate of drug-likeness (QED) is 0.695. The van der Waals surface area contributed by atoms with Crippen LogP contribution < -0.4 is 21.2 Å². The first-order chi connectivity index (χ1) is 9.27. The van der Waals surface area contributed by atoms with E-state index in [9.17, 15) is 4.39 Å². The Morgan fingerprint density at radius 2 is 1.40 bits per heavy atom. The normalized spacial score (nSPS) is 11.7. The zero-order valence-electron chi connectivity index (χ0n) is 12.7. The summed E-state index contributed by atoms with van der Waals surface area (Å²) in [6.07, 6.45) is 0. The first-order valence-electron chi connectivity index (χ1n) is 6.79. The van der Waals surface area contributed by atoms with Crippen molar-refractivity contribution in [3.8, 4) is 0 Å². The molecule has 0 aliphatic carbocycles. The second kappa shape index (κ2) is 5.84. The molecule has 106 valence electrons. The van der Waals surface area contributed by atoms with Crippen LogP contribution in [-0.4, -0.2) is 0 Å². The van der Waals surface area contributed by atoms with Crippen LogP contribution in [0.3, 0.4) is 0 Å². The Labute approximate surface area is 131 Å². The Kier molecular flexibility index (Phi) is 4.52. The standard InChI is InChI=1S/C18H21FI/c1-12-10-15(19)11-13(2)17(12)20-16-8-6-14(7-9-16)18(3,4)5/h6-11H,1-5H3/q+1. The Balaban J connectivity index is 2.27. The van der Waals surface area contributed by atoms with Crippen molar-refractivity contribution in [3.05, 3.63) is 66.0 Å². The minimum absolute atomic E-state index is 0.129. The van der Waals surface area contributed by atoms with Crippen LogP contribution in [0.15, 0.2) is 36.4 Å². The van der Waals surface area contributed by atoms with Crippen LogP contribution in [0.2, 0.25) is 0 Å². The van der Waals surface area contributed by atoms with E-state index in [2.05, 4.69) is 45.0 Å². The number of hydrogen-bond donors (Lipinski definition) is 0. The van der Waals surface area contributed by atoms with Crippen molar-refractivity contribution in [2.75, 3.05) is 0 Å². The molecule has 20 heavy (non-hydrogen) atoms. The van der Waals surface area contributed by atoms with Crippen LogP contribution >= 0.6 is 0 Å². The molecule has 2 aromatic carbocycles. The predicted molar refractivity (Wildman–Crippen MR) is 78.4 cm³/mol. The lowest BCUT2D eigenvalue weighted by atomic mass is 9.87. The van der Waals surface area contributed by atoms with Gasteiger partial charge < -0.3 is 0 Å². The summed E-state index contributed by atoms with van der Waals surface area (Å²) in [5.74, 6) is -0.129. The third kappa shape index (κ3) is 3.60. The first-order valence-corrected chi connectivity index (χ1v) is 8.95. The van der Waals surface area contributed by atoms with Gasteiger partial charge in [0.1, 0.15) is 5.82 Å².